The first kappa shape index (κ1) is 24.7. The minimum absolute atomic E-state index is 0.0635. The zero-order valence-corrected chi connectivity index (χ0v) is 21.4. The van der Waals surface area contributed by atoms with Crippen LogP contribution in [0.15, 0.2) is 52.5 Å². The van der Waals surface area contributed by atoms with Gasteiger partial charge in [0.05, 0.1) is 23.9 Å². The number of nitrogens with zero attached hydrogens (tertiary/aromatic N) is 2. The summed E-state index contributed by atoms with van der Waals surface area (Å²) >= 11 is 4.31. The predicted molar refractivity (Wildman–Crippen MR) is 133 cm³/mol. The fourth-order valence-electron chi connectivity index (χ4n) is 3.79. The largest absolute Gasteiger partial charge is 0.507 e. The number of ketones is 1. The summed E-state index contributed by atoms with van der Waals surface area (Å²) in [5.74, 6) is -3.52. The van der Waals surface area contributed by atoms with Crippen LogP contribution in [0, 0.1) is 19.7 Å². The monoisotopic (exact) mass is 558 g/mol. The van der Waals surface area contributed by atoms with E-state index in [4.69, 9.17) is 4.74 Å². The SMILES string of the molecule is CCOC(=O)c1sc(N2C(=O)C(=O)C(=C(O)c3ccc(C)c(F)c3)[C@H]2c2cccc(Br)c2)nc1C. The number of aliphatic hydroxyl groups excluding tert-OH is 1. The lowest BCUT2D eigenvalue weighted by molar-refractivity contribution is -0.132. The molecule has 10 heteroatoms. The summed E-state index contributed by atoms with van der Waals surface area (Å²) in [7, 11) is 0. The van der Waals surface area contributed by atoms with Crippen molar-refractivity contribution in [3.8, 4) is 0 Å². The molecule has 1 saturated heterocycles. The third-order valence-electron chi connectivity index (χ3n) is 5.51. The molecule has 2 aromatic carbocycles. The van der Waals surface area contributed by atoms with Crippen LogP contribution in [0.3, 0.4) is 0 Å². The van der Waals surface area contributed by atoms with Crippen molar-refractivity contribution in [2.24, 2.45) is 0 Å². The lowest BCUT2D eigenvalue weighted by Gasteiger charge is -2.23. The van der Waals surface area contributed by atoms with Gasteiger partial charge in [0.2, 0.25) is 0 Å². The topological polar surface area (TPSA) is 96.8 Å². The molecule has 1 fully saturated rings. The van der Waals surface area contributed by atoms with Crippen molar-refractivity contribution >= 4 is 55.8 Å². The summed E-state index contributed by atoms with van der Waals surface area (Å²) in [6, 6.07) is 9.92. The van der Waals surface area contributed by atoms with Gasteiger partial charge in [0.25, 0.3) is 5.78 Å². The van der Waals surface area contributed by atoms with E-state index in [1.807, 2.05) is 0 Å². The lowest BCUT2D eigenvalue weighted by Crippen LogP contribution is -2.29. The van der Waals surface area contributed by atoms with Crippen LogP contribution in [-0.4, -0.2) is 34.4 Å². The van der Waals surface area contributed by atoms with Crippen LogP contribution in [0.5, 0.6) is 0 Å². The number of Topliss-reactive ketones (excluding diaryl/α,β-unsaturated/α-hetero) is 1. The lowest BCUT2D eigenvalue weighted by atomic mass is 9.95. The van der Waals surface area contributed by atoms with Crippen LogP contribution in [0.2, 0.25) is 0 Å². The molecule has 1 amide bonds. The number of amides is 1. The molecule has 4 rings (SSSR count). The van der Waals surface area contributed by atoms with E-state index in [1.54, 1.807) is 45.0 Å². The molecule has 1 aliphatic rings. The first-order chi connectivity index (χ1) is 16.6. The third kappa shape index (κ3) is 4.51. The van der Waals surface area contributed by atoms with Crippen LogP contribution < -0.4 is 4.90 Å². The van der Waals surface area contributed by atoms with Crippen LogP contribution in [0.25, 0.3) is 5.76 Å². The Balaban J connectivity index is 1.93. The fraction of sp³-hybridized carbons (Fsp3) is 0.200. The number of carbonyl (C=O) groups excluding carboxylic acids is 3. The van der Waals surface area contributed by atoms with Crippen molar-refractivity contribution < 1.29 is 28.6 Å². The number of benzene rings is 2. The molecule has 7 nitrogen and oxygen atoms in total. The van der Waals surface area contributed by atoms with Gasteiger partial charge < -0.3 is 9.84 Å². The van der Waals surface area contributed by atoms with E-state index in [-0.39, 0.29) is 27.8 Å². The number of thiazole rings is 1. The van der Waals surface area contributed by atoms with Gasteiger partial charge in [0, 0.05) is 10.0 Å². The number of ether oxygens (including phenoxy) is 1. The molecule has 1 N–H and O–H groups in total. The van der Waals surface area contributed by atoms with Crippen molar-refractivity contribution in [3.05, 3.63) is 85.6 Å². The quantitative estimate of drug-likeness (QED) is 0.193. The van der Waals surface area contributed by atoms with E-state index in [9.17, 15) is 23.9 Å². The van der Waals surface area contributed by atoms with E-state index in [2.05, 4.69) is 20.9 Å². The maximum atomic E-state index is 14.2. The average Bonchev–Trinajstić information content (AvgIpc) is 3.32. The minimum atomic E-state index is -1.06. The Morgan fingerprint density at radius 1 is 1.23 bits per heavy atom. The molecule has 0 bridgehead atoms. The zero-order chi connectivity index (χ0) is 25.4. The number of rotatable bonds is 5. The molecule has 0 radical (unpaired) electrons. The van der Waals surface area contributed by atoms with Crippen LogP contribution in [0.1, 0.15) is 45.0 Å². The van der Waals surface area contributed by atoms with E-state index >= 15 is 0 Å². The van der Waals surface area contributed by atoms with Crippen molar-refractivity contribution in [2.75, 3.05) is 11.5 Å². The number of aryl methyl sites for hydroxylation is 2. The summed E-state index contributed by atoms with van der Waals surface area (Å²) in [5, 5.41) is 11.2. The minimum Gasteiger partial charge on any atom is -0.507 e. The second-order valence-corrected chi connectivity index (χ2v) is 9.71. The molecule has 2 heterocycles. The molecular formula is C25H20BrFN2O5S. The standard InChI is InChI=1S/C25H20BrFN2O5S/c1-4-34-24(33)22-13(3)28-25(35-22)29-19(14-6-5-7-16(26)10-14)18(21(31)23(29)32)20(30)15-9-8-12(2)17(27)11-15/h5-11,19,30H,4H2,1-3H3/t19-/m1/s1. The van der Waals surface area contributed by atoms with Crippen LogP contribution in [0.4, 0.5) is 9.52 Å². The highest BCUT2D eigenvalue weighted by atomic mass is 79.9. The Morgan fingerprint density at radius 3 is 2.63 bits per heavy atom. The Morgan fingerprint density at radius 2 is 1.97 bits per heavy atom. The van der Waals surface area contributed by atoms with Gasteiger partial charge in [-0.05, 0) is 50.1 Å². The molecule has 1 aromatic heterocycles. The van der Waals surface area contributed by atoms with Crippen molar-refractivity contribution in [1.29, 1.82) is 0 Å². The van der Waals surface area contributed by atoms with Gasteiger partial charge in [0.15, 0.2) is 5.13 Å². The van der Waals surface area contributed by atoms with Gasteiger partial charge in [-0.15, -0.1) is 0 Å². The molecular weight excluding hydrogens is 539 g/mol. The molecule has 1 aliphatic heterocycles. The maximum Gasteiger partial charge on any atom is 0.350 e. The smallest absolute Gasteiger partial charge is 0.350 e. The van der Waals surface area contributed by atoms with E-state index in [0.29, 0.717) is 21.3 Å². The number of anilines is 1. The second kappa shape index (κ2) is 9.71. The molecule has 0 unspecified atom stereocenters. The van der Waals surface area contributed by atoms with Gasteiger partial charge in [-0.1, -0.05) is 51.5 Å². The number of aromatic nitrogens is 1. The number of carbonyl (C=O) groups is 3. The van der Waals surface area contributed by atoms with Crippen molar-refractivity contribution in [3.63, 3.8) is 0 Å². The normalized spacial score (nSPS) is 17.2. The highest BCUT2D eigenvalue weighted by Crippen LogP contribution is 2.44. The van der Waals surface area contributed by atoms with Gasteiger partial charge in [-0.3, -0.25) is 14.5 Å². The van der Waals surface area contributed by atoms with Crippen LogP contribution >= 0.6 is 27.3 Å². The summed E-state index contributed by atoms with van der Waals surface area (Å²) in [6.45, 7) is 5.02. The first-order valence-corrected chi connectivity index (χ1v) is 12.2. The number of esters is 1. The number of hydrogen-bond donors (Lipinski definition) is 1. The highest BCUT2D eigenvalue weighted by Gasteiger charge is 2.48. The number of halogens is 2. The summed E-state index contributed by atoms with van der Waals surface area (Å²) < 4.78 is 20.0. The molecule has 1 atom stereocenters. The Kier molecular flexibility index (Phi) is 6.86. The molecule has 35 heavy (non-hydrogen) atoms. The first-order valence-electron chi connectivity index (χ1n) is 10.6. The van der Waals surface area contributed by atoms with Gasteiger partial charge in [0.1, 0.15) is 16.5 Å². The second-order valence-electron chi connectivity index (χ2n) is 7.82. The fourth-order valence-corrected chi connectivity index (χ4v) is 5.19. The van der Waals surface area contributed by atoms with Gasteiger partial charge in [-0.2, -0.15) is 0 Å². The van der Waals surface area contributed by atoms with Crippen LogP contribution in [-0.2, 0) is 14.3 Å². The predicted octanol–water partition coefficient (Wildman–Crippen LogP) is 5.46. The molecule has 180 valence electrons. The van der Waals surface area contributed by atoms with Gasteiger partial charge in [-0.25, -0.2) is 14.2 Å². The molecule has 0 aliphatic carbocycles. The zero-order valence-electron chi connectivity index (χ0n) is 19.0. The maximum absolute atomic E-state index is 14.2. The van der Waals surface area contributed by atoms with E-state index in [0.717, 1.165) is 22.3 Å². The highest BCUT2D eigenvalue weighted by molar-refractivity contribution is 9.10. The number of hydrogen-bond acceptors (Lipinski definition) is 7. The van der Waals surface area contributed by atoms with Gasteiger partial charge >= 0.3 is 11.9 Å². The molecule has 3 aromatic rings. The van der Waals surface area contributed by atoms with E-state index < -0.39 is 35.3 Å². The Bertz CT molecular complexity index is 1400. The molecule has 0 spiro atoms. The molecule has 0 saturated carbocycles. The van der Waals surface area contributed by atoms with Crippen molar-refractivity contribution in [1.82, 2.24) is 4.98 Å². The summed E-state index contributed by atoms with van der Waals surface area (Å²) in [4.78, 5) is 44.5. The Hall–Kier alpha value is -3.37. The van der Waals surface area contributed by atoms with Crippen molar-refractivity contribution in [2.45, 2.75) is 26.8 Å². The third-order valence-corrected chi connectivity index (χ3v) is 7.14. The Labute approximate surface area is 213 Å². The van der Waals surface area contributed by atoms with E-state index in [1.165, 1.54) is 12.1 Å². The average molecular weight is 559 g/mol. The number of aliphatic hydroxyl groups is 1. The summed E-state index contributed by atoms with van der Waals surface area (Å²) in [6.07, 6.45) is 0. The summed E-state index contributed by atoms with van der Waals surface area (Å²) in [5.41, 5.74) is 1.09.